The van der Waals surface area contributed by atoms with Crippen molar-refractivity contribution in [2.24, 2.45) is 0 Å². The summed E-state index contributed by atoms with van der Waals surface area (Å²) in [7, 11) is 0. The fourth-order valence-corrected chi connectivity index (χ4v) is 4.52. The van der Waals surface area contributed by atoms with Crippen molar-refractivity contribution < 1.29 is 4.79 Å². The van der Waals surface area contributed by atoms with Crippen LogP contribution in [-0.4, -0.2) is 28.6 Å². The van der Waals surface area contributed by atoms with E-state index in [0.29, 0.717) is 18.1 Å². The van der Waals surface area contributed by atoms with Gasteiger partial charge in [-0.1, -0.05) is 29.8 Å². The molecule has 0 aliphatic carbocycles. The summed E-state index contributed by atoms with van der Waals surface area (Å²) < 4.78 is 2.27. The summed E-state index contributed by atoms with van der Waals surface area (Å²) in [5, 5.41) is 7.34. The quantitative estimate of drug-likeness (QED) is 0.606. The van der Waals surface area contributed by atoms with Crippen molar-refractivity contribution >= 4 is 29.0 Å². The maximum atomic E-state index is 12.7. The van der Waals surface area contributed by atoms with Crippen molar-refractivity contribution in [1.29, 1.82) is 0 Å². The topological polar surface area (TPSA) is 49.3 Å². The Kier molecular flexibility index (Phi) is 4.05. The number of para-hydroxylation sites is 2. The first kappa shape index (κ1) is 17.2. The molecule has 2 aliphatic heterocycles. The third kappa shape index (κ3) is 2.83. The Morgan fingerprint density at radius 3 is 2.68 bits per heavy atom. The van der Waals surface area contributed by atoms with Crippen LogP contribution in [0.2, 0.25) is 5.02 Å². The van der Waals surface area contributed by atoms with Crippen LogP contribution in [0.3, 0.4) is 0 Å². The lowest BCUT2D eigenvalue weighted by atomic mass is 9.82. The first-order chi connectivity index (χ1) is 13.6. The highest BCUT2D eigenvalue weighted by Crippen LogP contribution is 2.43. The molecule has 28 heavy (non-hydrogen) atoms. The number of hydrogen-bond acceptors (Lipinski definition) is 2. The number of amides is 2. The predicted octanol–water partition coefficient (Wildman–Crippen LogP) is 5.08. The van der Waals surface area contributed by atoms with Crippen LogP contribution in [0.15, 0.2) is 66.9 Å². The van der Waals surface area contributed by atoms with Crippen molar-refractivity contribution in [2.75, 3.05) is 23.7 Å². The fourth-order valence-electron chi connectivity index (χ4n) is 4.33. The van der Waals surface area contributed by atoms with Crippen molar-refractivity contribution in [3.63, 3.8) is 0 Å². The number of likely N-dealkylation sites (tertiary alicyclic amines) is 1. The maximum absolute atomic E-state index is 12.7. The summed E-state index contributed by atoms with van der Waals surface area (Å²) in [6, 6.07) is 19.8. The van der Waals surface area contributed by atoms with Crippen LogP contribution in [0.25, 0.3) is 5.69 Å². The minimum absolute atomic E-state index is 0.0799. The lowest BCUT2D eigenvalue weighted by Gasteiger charge is -2.46. The number of carbonyl (C=O) groups excluding carboxylic acids is 1. The smallest absolute Gasteiger partial charge is 0.321 e. The van der Waals surface area contributed by atoms with Crippen molar-refractivity contribution in [3.05, 3.63) is 77.6 Å². The second-order valence-electron chi connectivity index (χ2n) is 7.42. The Labute approximate surface area is 168 Å². The molecule has 0 radical (unpaired) electrons. The van der Waals surface area contributed by atoms with E-state index < -0.39 is 0 Å². The van der Waals surface area contributed by atoms with Gasteiger partial charge in [0.15, 0.2) is 0 Å². The second kappa shape index (κ2) is 6.60. The molecule has 5 rings (SSSR count). The van der Waals surface area contributed by atoms with E-state index in [1.54, 1.807) is 12.1 Å². The molecule has 142 valence electrons. The summed E-state index contributed by atoms with van der Waals surface area (Å²) in [4.78, 5) is 14.6. The number of urea groups is 1. The molecule has 2 aromatic carbocycles. The van der Waals surface area contributed by atoms with Gasteiger partial charge in [0.25, 0.3) is 0 Å². The SMILES string of the molecule is O=C(Nc1cccc(Cl)c1)N1CCC2(CC1)Nc1ccccc1-n1cccc12. The Morgan fingerprint density at radius 1 is 1.04 bits per heavy atom. The van der Waals surface area contributed by atoms with E-state index in [1.165, 1.54) is 11.4 Å². The molecule has 2 aliphatic rings. The zero-order valence-corrected chi connectivity index (χ0v) is 16.1. The van der Waals surface area contributed by atoms with Gasteiger partial charge in [-0.15, -0.1) is 0 Å². The van der Waals surface area contributed by atoms with E-state index in [-0.39, 0.29) is 11.6 Å². The summed E-state index contributed by atoms with van der Waals surface area (Å²) in [5.41, 5.74) is 4.15. The van der Waals surface area contributed by atoms with Crippen LogP contribution >= 0.6 is 11.6 Å². The minimum atomic E-state index is -0.148. The van der Waals surface area contributed by atoms with E-state index in [2.05, 4.69) is 57.8 Å². The summed E-state index contributed by atoms with van der Waals surface area (Å²) in [6.07, 6.45) is 3.83. The van der Waals surface area contributed by atoms with Crippen LogP contribution in [-0.2, 0) is 5.54 Å². The third-order valence-corrected chi connectivity index (χ3v) is 5.99. The van der Waals surface area contributed by atoms with Gasteiger partial charge in [-0.3, -0.25) is 0 Å². The van der Waals surface area contributed by atoms with Crippen molar-refractivity contribution in [3.8, 4) is 5.69 Å². The fraction of sp³-hybridized carbons (Fsp3) is 0.227. The molecule has 2 N–H and O–H groups in total. The number of aromatic nitrogens is 1. The molecular weight excluding hydrogens is 372 g/mol. The molecule has 1 aromatic heterocycles. The lowest BCUT2D eigenvalue weighted by Crippen LogP contribution is -2.51. The van der Waals surface area contributed by atoms with E-state index in [4.69, 9.17) is 11.6 Å². The Morgan fingerprint density at radius 2 is 1.86 bits per heavy atom. The van der Waals surface area contributed by atoms with Crippen LogP contribution in [0, 0.1) is 0 Å². The highest BCUT2D eigenvalue weighted by atomic mass is 35.5. The number of hydrogen-bond donors (Lipinski definition) is 2. The predicted molar refractivity (Wildman–Crippen MR) is 112 cm³/mol. The van der Waals surface area contributed by atoms with E-state index in [0.717, 1.165) is 24.2 Å². The molecule has 0 saturated carbocycles. The van der Waals surface area contributed by atoms with Gasteiger partial charge in [-0.05, 0) is 55.3 Å². The first-order valence-electron chi connectivity index (χ1n) is 9.52. The van der Waals surface area contributed by atoms with E-state index >= 15 is 0 Å². The van der Waals surface area contributed by atoms with Crippen molar-refractivity contribution in [1.82, 2.24) is 9.47 Å². The molecule has 5 nitrogen and oxygen atoms in total. The third-order valence-electron chi connectivity index (χ3n) is 5.76. The number of rotatable bonds is 1. The highest BCUT2D eigenvalue weighted by molar-refractivity contribution is 6.30. The number of halogens is 1. The molecule has 1 fully saturated rings. The molecule has 2 amide bonds. The number of carbonyl (C=O) groups is 1. The van der Waals surface area contributed by atoms with E-state index in [1.807, 2.05) is 17.0 Å². The molecule has 0 atom stereocenters. The standard InChI is InChI=1S/C22H21ClN4O/c23-16-5-3-6-17(15-16)24-21(28)26-13-10-22(11-14-26)20-9-4-12-27(20)19-8-2-1-7-18(19)25-22/h1-9,12,15,25H,10-11,13-14H2,(H,24,28). The van der Waals surface area contributed by atoms with Gasteiger partial charge in [0.05, 0.1) is 16.9 Å². The van der Waals surface area contributed by atoms with Gasteiger partial charge in [0.2, 0.25) is 0 Å². The molecule has 1 saturated heterocycles. The van der Waals surface area contributed by atoms with Gasteiger partial charge >= 0.3 is 6.03 Å². The largest absolute Gasteiger partial charge is 0.372 e. The minimum Gasteiger partial charge on any atom is -0.372 e. The summed E-state index contributed by atoms with van der Waals surface area (Å²) in [5.74, 6) is 0. The monoisotopic (exact) mass is 392 g/mol. The summed E-state index contributed by atoms with van der Waals surface area (Å²) in [6.45, 7) is 1.37. The molecule has 3 aromatic rings. The lowest BCUT2D eigenvalue weighted by molar-refractivity contribution is 0.174. The van der Waals surface area contributed by atoms with Crippen LogP contribution < -0.4 is 10.6 Å². The maximum Gasteiger partial charge on any atom is 0.321 e. The molecule has 1 spiro atoms. The number of nitrogens with one attached hydrogen (secondary N) is 2. The van der Waals surface area contributed by atoms with Gasteiger partial charge < -0.3 is 20.1 Å². The number of anilines is 2. The van der Waals surface area contributed by atoms with Crippen LogP contribution in [0.4, 0.5) is 16.2 Å². The molecule has 6 heteroatoms. The van der Waals surface area contributed by atoms with Crippen LogP contribution in [0.5, 0.6) is 0 Å². The Bertz CT molecular complexity index is 1040. The number of fused-ring (bicyclic) bond motifs is 4. The molecular formula is C22H21ClN4O. The van der Waals surface area contributed by atoms with E-state index in [9.17, 15) is 4.79 Å². The zero-order valence-electron chi connectivity index (χ0n) is 15.4. The van der Waals surface area contributed by atoms with Crippen LogP contribution in [0.1, 0.15) is 18.5 Å². The molecule has 3 heterocycles. The zero-order chi connectivity index (χ0) is 19.1. The van der Waals surface area contributed by atoms with Gasteiger partial charge in [0.1, 0.15) is 0 Å². The normalized spacial score (nSPS) is 16.8. The average Bonchev–Trinajstić information content (AvgIpc) is 3.20. The number of nitrogens with zero attached hydrogens (tertiary/aromatic N) is 2. The average molecular weight is 393 g/mol. The first-order valence-corrected chi connectivity index (χ1v) is 9.89. The molecule has 0 unspecified atom stereocenters. The van der Waals surface area contributed by atoms with Gasteiger partial charge in [0, 0.05) is 35.7 Å². The number of piperidine rings is 1. The Hall–Kier alpha value is -2.92. The van der Waals surface area contributed by atoms with Gasteiger partial charge in [-0.2, -0.15) is 0 Å². The highest BCUT2D eigenvalue weighted by Gasteiger charge is 2.42. The Balaban J connectivity index is 1.34. The molecule has 0 bridgehead atoms. The summed E-state index contributed by atoms with van der Waals surface area (Å²) >= 11 is 6.01. The second-order valence-corrected chi connectivity index (χ2v) is 7.85. The van der Waals surface area contributed by atoms with Gasteiger partial charge in [-0.25, -0.2) is 4.79 Å². The number of benzene rings is 2. The van der Waals surface area contributed by atoms with Crippen molar-refractivity contribution in [2.45, 2.75) is 18.4 Å².